The van der Waals surface area contributed by atoms with Crippen molar-refractivity contribution in [2.24, 2.45) is 0 Å². The van der Waals surface area contributed by atoms with Crippen LogP contribution in [0.15, 0.2) is 60.8 Å². The van der Waals surface area contributed by atoms with Crippen LogP contribution in [0.3, 0.4) is 0 Å². The zero-order valence-corrected chi connectivity index (χ0v) is 14.2. The summed E-state index contributed by atoms with van der Waals surface area (Å²) in [5.41, 5.74) is 3.57. The SMILES string of the molecule is O=C(Nc1cccc2cccnc12)c1ccccc1C1CCCCC1. The van der Waals surface area contributed by atoms with Crippen LogP contribution in [0.5, 0.6) is 0 Å². The largest absolute Gasteiger partial charge is 0.320 e. The summed E-state index contributed by atoms with van der Waals surface area (Å²) in [6.07, 6.45) is 7.95. The smallest absolute Gasteiger partial charge is 0.256 e. The number of anilines is 1. The van der Waals surface area contributed by atoms with E-state index in [1.807, 2.05) is 48.5 Å². The molecule has 0 atom stereocenters. The molecule has 0 saturated heterocycles. The lowest BCUT2D eigenvalue weighted by Gasteiger charge is -2.24. The fourth-order valence-electron chi connectivity index (χ4n) is 3.87. The highest BCUT2D eigenvalue weighted by molar-refractivity contribution is 6.09. The summed E-state index contributed by atoms with van der Waals surface area (Å²) in [4.78, 5) is 17.4. The van der Waals surface area contributed by atoms with Gasteiger partial charge in [-0.1, -0.05) is 55.7 Å². The van der Waals surface area contributed by atoms with Gasteiger partial charge >= 0.3 is 0 Å². The van der Waals surface area contributed by atoms with Crippen molar-refractivity contribution in [2.75, 3.05) is 5.32 Å². The number of nitrogens with one attached hydrogen (secondary N) is 1. The van der Waals surface area contributed by atoms with Crippen LogP contribution in [0.2, 0.25) is 0 Å². The Morgan fingerprint density at radius 1 is 0.920 bits per heavy atom. The van der Waals surface area contributed by atoms with Gasteiger partial charge < -0.3 is 5.32 Å². The first-order chi connectivity index (χ1) is 12.3. The Balaban J connectivity index is 1.65. The Morgan fingerprint density at radius 3 is 2.60 bits per heavy atom. The topological polar surface area (TPSA) is 42.0 Å². The maximum absolute atomic E-state index is 13.0. The standard InChI is InChI=1S/C22H22N2O/c25-22(24-20-14-6-10-17-11-7-15-23-21(17)20)19-13-5-4-12-18(19)16-8-2-1-3-9-16/h4-7,10-16H,1-3,8-9H2,(H,24,25). The first-order valence-electron chi connectivity index (χ1n) is 9.07. The Morgan fingerprint density at radius 2 is 1.72 bits per heavy atom. The maximum atomic E-state index is 13.0. The van der Waals surface area contributed by atoms with Gasteiger partial charge in [-0.2, -0.15) is 0 Å². The second-order valence-corrected chi connectivity index (χ2v) is 6.76. The Labute approximate surface area is 148 Å². The average molecular weight is 330 g/mol. The summed E-state index contributed by atoms with van der Waals surface area (Å²) in [6.45, 7) is 0. The second kappa shape index (κ2) is 7.06. The lowest BCUT2D eigenvalue weighted by Crippen LogP contribution is -2.17. The van der Waals surface area contributed by atoms with Gasteiger partial charge in [0.1, 0.15) is 0 Å². The summed E-state index contributed by atoms with van der Waals surface area (Å²) in [7, 11) is 0. The molecule has 0 radical (unpaired) electrons. The number of benzene rings is 2. The van der Waals surface area contributed by atoms with E-state index in [1.54, 1.807) is 6.20 Å². The zero-order valence-electron chi connectivity index (χ0n) is 14.2. The Hall–Kier alpha value is -2.68. The molecule has 1 fully saturated rings. The number of pyridine rings is 1. The van der Waals surface area contributed by atoms with E-state index >= 15 is 0 Å². The van der Waals surface area contributed by atoms with Crippen molar-refractivity contribution >= 4 is 22.5 Å². The van der Waals surface area contributed by atoms with Crippen LogP contribution in [-0.4, -0.2) is 10.9 Å². The van der Waals surface area contributed by atoms with Crippen LogP contribution >= 0.6 is 0 Å². The molecule has 0 bridgehead atoms. The minimum absolute atomic E-state index is 0.0423. The molecule has 4 rings (SSSR count). The van der Waals surface area contributed by atoms with Gasteiger partial charge in [0.25, 0.3) is 5.91 Å². The highest BCUT2D eigenvalue weighted by Crippen LogP contribution is 2.34. The summed E-state index contributed by atoms with van der Waals surface area (Å²) in [6, 6.07) is 17.8. The summed E-state index contributed by atoms with van der Waals surface area (Å²) >= 11 is 0. The summed E-state index contributed by atoms with van der Waals surface area (Å²) in [5.74, 6) is 0.459. The van der Waals surface area contributed by atoms with E-state index < -0.39 is 0 Å². The highest BCUT2D eigenvalue weighted by atomic mass is 16.1. The molecule has 3 aromatic rings. The van der Waals surface area contributed by atoms with E-state index in [4.69, 9.17) is 0 Å². The van der Waals surface area contributed by atoms with Crippen molar-refractivity contribution in [2.45, 2.75) is 38.0 Å². The van der Waals surface area contributed by atoms with E-state index in [9.17, 15) is 4.79 Å². The average Bonchev–Trinajstić information content (AvgIpc) is 2.69. The molecule has 126 valence electrons. The second-order valence-electron chi connectivity index (χ2n) is 6.76. The van der Waals surface area contributed by atoms with Crippen molar-refractivity contribution in [1.29, 1.82) is 0 Å². The van der Waals surface area contributed by atoms with Crippen LogP contribution in [0.4, 0.5) is 5.69 Å². The van der Waals surface area contributed by atoms with Crippen molar-refractivity contribution < 1.29 is 4.79 Å². The van der Waals surface area contributed by atoms with Gasteiger partial charge in [-0.3, -0.25) is 9.78 Å². The number of nitrogens with zero attached hydrogens (tertiary/aromatic N) is 1. The predicted octanol–water partition coefficient (Wildman–Crippen LogP) is 5.53. The molecule has 0 aliphatic heterocycles. The number of fused-ring (bicyclic) bond motifs is 1. The molecule has 0 unspecified atom stereocenters. The van der Waals surface area contributed by atoms with Crippen molar-refractivity contribution in [3.05, 3.63) is 71.9 Å². The fourth-order valence-corrected chi connectivity index (χ4v) is 3.87. The third kappa shape index (κ3) is 3.27. The van der Waals surface area contributed by atoms with Gasteiger partial charge in [-0.05, 0) is 42.5 Å². The minimum atomic E-state index is -0.0423. The summed E-state index contributed by atoms with van der Waals surface area (Å²) in [5, 5.41) is 4.11. The third-order valence-electron chi connectivity index (χ3n) is 5.13. The fraction of sp³-hybridized carbons (Fsp3) is 0.273. The van der Waals surface area contributed by atoms with E-state index in [0.717, 1.165) is 22.2 Å². The number of hydrogen-bond acceptors (Lipinski definition) is 2. The van der Waals surface area contributed by atoms with E-state index in [1.165, 1.54) is 37.7 Å². The van der Waals surface area contributed by atoms with Gasteiger partial charge in [0.05, 0.1) is 11.2 Å². The number of amides is 1. The molecule has 3 nitrogen and oxygen atoms in total. The molecule has 25 heavy (non-hydrogen) atoms. The van der Waals surface area contributed by atoms with E-state index in [2.05, 4.69) is 16.4 Å². The number of aromatic nitrogens is 1. The lowest BCUT2D eigenvalue weighted by molar-refractivity contribution is 0.102. The van der Waals surface area contributed by atoms with Crippen molar-refractivity contribution in [3.63, 3.8) is 0 Å². The Kier molecular flexibility index (Phi) is 4.47. The first kappa shape index (κ1) is 15.8. The number of hydrogen-bond donors (Lipinski definition) is 1. The monoisotopic (exact) mass is 330 g/mol. The molecule has 1 heterocycles. The molecule has 1 saturated carbocycles. The van der Waals surface area contributed by atoms with Gasteiger partial charge in [0.15, 0.2) is 0 Å². The van der Waals surface area contributed by atoms with Crippen molar-refractivity contribution in [1.82, 2.24) is 4.98 Å². The first-order valence-corrected chi connectivity index (χ1v) is 9.07. The van der Waals surface area contributed by atoms with Gasteiger partial charge in [-0.25, -0.2) is 0 Å². The molecule has 3 heteroatoms. The third-order valence-corrected chi connectivity index (χ3v) is 5.13. The van der Waals surface area contributed by atoms with Gasteiger partial charge in [0.2, 0.25) is 0 Å². The number of carbonyl (C=O) groups excluding carboxylic acids is 1. The molecular formula is C22H22N2O. The predicted molar refractivity (Wildman–Crippen MR) is 102 cm³/mol. The van der Waals surface area contributed by atoms with Crippen LogP contribution in [0.25, 0.3) is 10.9 Å². The molecule has 1 aromatic heterocycles. The molecule has 1 aliphatic carbocycles. The number of carbonyl (C=O) groups is 1. The molecule has 1 amide bonds. The van der Waals surface area contributed by atoms with Gasteiger partial charge in [0, 0.05) is 17.1 Å². The minimum Gasteiger partial charge on any atom is -0.320 e. The van der Waals surface area contributed by atoms with Crippen molar-refractivity contribution in [3.8, 4) is 0 Å². The molecule has 1 aliphatic rings. The zero-order chi connectivity index (χ0) is 17.1. The highest BCUT2D eigenvalue weighted by Gasteiger charge is 2.21. The van der Waals surface area contributed by atoms with Crippen LogP contribution < -0.4 is 5.32 Å². The number of rotatable bonds is 3. The number of para-hydroxylation sites is 1. The summed E-state index contributed by atoms with van der Waals surface area (Å²) < 4.78 is 0. The molecular weight excluding hydrogens is 308 g/mol. The van der Waals surface area contributed by atoms with Crippen LogP contribution in [-0.2, 0) is 0 Å². The molecule has 0 spiro atoms. The van der Waals surface area contributed by atoms with E-state index in [-0.39, 0.29) is 5.91 Å². The maximum Gasteiger partial charge on any atom is 0.256 e. The molecule has 2 aromatic carbocycles. The molecule has 1 N–H and O–H groups in total. The van der Waals surface area contributed by atoms with Gasteiger partial charge in [-0.15, -0.1) is 0 Å². The van der Waals surface area contributed by atoms with E-state index in [0.29, 0.717) is 5.92 Å². The van der Waals surface area contributed by atoms with Crippen LogP contribution in [0, 0.1) is 0 Å². The normalized spacial score (nSPS) is 15.2. The Bertz CT molecular complexity index is 892. The van der Waals surface area contributed by atoms with Crippen LogP contribution in [0.1, 0.15) is 53.9 Å². The lowest BCUT2D eigenvalue weighted by atomic mass is 9.82. The quantitative estimate of drug-likeness (QED) is 0.685.